The number of fused-ring (bicyclic) bond motifs is 2. The van der Waals surface area contributed by atoms with Crippen molar-refractivity contribution in [3.8, 4) is 21.8 Å². The number of aromatic amines is 1. The van der Waals surface area contributed by atoms with Gasteiger partial charge in [0.2, 0.25) is 5.91 Å². The van der Waals surface area contributed by atoms with E-state index in [4.69, 9.17) is 10.7 Å². The summed E-state index contributed by atoms with van der Waals surface area (Å²) in [5, 5.41) is 6.22. The first-order chi connectivity index (χ1) is 17.1. The molecule has 8 heteroatoms. The summed E-state index contributed by atoms with van der Waals surface area (Å²) >= 11 is 1.74. The van der Waals surface area contributed by atoms with Crippen molar-refractivity contribution < 1.29 is 4.79 Å². The molecule has 4 heterocycles. The van der Waals surface area contributed by atoms with Gasteiger partial charge >= 0.3 is 0 Å². The van der Waals surface area contributed by atoms with E-state index in [0.717, 1.165) is 65.9 Å². The lowest BCUT2D eigenvalue weighted by Gasteiger charge is -2.27. The Hall–Kier alpha value is -3.65. The second kappa shape index (κ2) is 8.85. The van der Waals surface area contributed by atoms with Crippen LogP contribution in [0.25, 0.3) is 38.2 Å². The Morgan fingerprint density at radius 1 is 1.23 bits per heavy atom. The Bertz CT molecular complexity index is 1510. The summed E-state index contributed by atoms with van der Waals surface area (Å²) in [7, 11) is 0. The summed E-state index contributed by atoms with van der Waals surface area (Å²) in [6.45, 7) is 2.34. The number of hydrogen-bond donors (Lipinski definition) is 3. The van der Waals surface area contributed by atoms with Gasteiger partial charge in [0.05, 0.1) is 11.2 Å². The number of nitrogen functional groups attached to an aromatic ring is 1. The average Bonchev–Trinajstić information content (AvgIpc) is 3.61. The number of thiophene rings is 1. The highest BCUT2D eigenvalue weighted by atomic mass is 32.1. The number of H-pyrrole nitrogens is 1. The van der Waals surface area contributed by atoms with E-state index in [9.17, 15) is 4.79 Å². The van der Waals surface area contributed by atoms with E-state index in [-0.39, 0.29) is 5.91 Å². The molecule has 7 nitrogen and oxygen atoms in total. The predicted molar refractivity (Wildman–Crippen MR) is 141 cm³/mol. The maximum atomic E-state index is 11.3. The molecule has 0 aliphatic heterocycles. The topological polar surface area (TPSA) is 101 Å². The monoisotopic (exact) mass is 484 g/mol. The number of amides is 1. The van der Waals surface area contributed by atoms with Crippen molar-refractivity contribution in [2.75, 3.05) is 12.3 Å². The number of carbonyl (C=O) groups is 1. The highest BCUT2D eigenvalue weighted by Crippen LogP contribution is 2.40. The number of carbonyl (C=O) groups excluding carboxylic acids is 1. The third-order valence-electron chi connectivity index (χ3n) is 7.16. The molecule has 5 aromatic rings. The number of aromatic nitrogens is 4. The van der Waals surface area contributed by atoms with Crippen molar-refractivity contribution in [3.63, 3.8) is 0 Å². The summed E-state index contributed by atoms with van der Waals surface area (Å²) in [6.07, 6.45) is 7.96. The van der Waals surface area contributed by atoms with Crippen molar-refractivity contribution in [1.29, 1.82) is 0 Å². The number of hydrogen-bond acceptors (Lipinski definition) is 5. The minimum atomic E-state index is 0.0413. The zero-order valence-corrected chi connectivity index (χ0v) is 20.4. The van der Waals surface area contributed by atoms with Gasteiger partial charge in [0.25, 0.3) is 0 Å². The maximum Gasteiger partial charge on any atom is 0.216 e. The number of rotatable bonds is 5. The molecule has 178 valence electrons. The quantitative estimate of drug-likeness (QED) is 0.302. The molecular weight excluding hydrogens is 456 g/mol. The van der Waals surface area contributed by atoms with Crippen molar-refractivity contribution in [3.05, 3.63) is 60.0 Å². The first-order valence-electron chi connectivity index (χ1n) is 12.1. The highest BCUT2D eigenvalue weighted by molar-refractivity contribution is 7.13. The van der Waals surface area contributed by atoms with Crippen molar-refractivity contribution in [2.45, 2.75) is 38.5 Å². The van der Waals surface area contributed by atoms with E-state index in [1.54, 1.807) is 24.5 Å². The second-order valence-corrected chi connectivity index (χ2v) is 10.4. The standard InChI is InChI=1S/C27H28N6OS/c1-16(34)30-15-17-7-9-18(10-8-17)27-32-24(25-26(28)29-11-12-33(25)27)21-14-19-4-2-5-20(23(19)31-21)22-6-3-13-35-22/h2-6,11-14,17-18,31H,7-10,15H2,1H3,(H2,28,29)(H,30,34). The van der Waals surface area contributed by atoms with Crippen molar-refractivity contribution in [2.24, 2.45) is 5.92 Å². The van der Waals surface area contributed by atoms with Crippen LogP contribution in [-0.4, -0.2) is 31.8 Å². The lowest BCUT2D eigenvalue weighted by atomic mass is 9.81. The van der Waals surface area contributed by atoms with Crippen LogP contribution in [0.4, 0.5) is 5.82 Å². The van der Waals surface area contributed by atoms with E-state index in [1.807, 2.05) is 6.20 Å². The molecule has 1 amide bonds. The lowest BCUT2D eigenvalue weighted by Crippen LogP contribution is -2.29. The molecule has 0 spiro atoms. The molecule has 0 radical (unpaired) electrons. The van der Waals surface area contributed by atoms with Crippen LogP contribution in [0, 0.1) is 5.92 Å². The van der Waals surface area contributed by atoms with Gasteiger partial charge in [-0.3, -0.25) is 9.20 Å². The third-order valence-corrected chi connectivity index (χ3v) is 8.06. The van der Waals surface area contributed by atoms with Crippen LogP contribution in [-0.2, 0) is 4.79 Å². The fraction of sp³-hybridized carbons (Fsp3) is 0.296. The van der Waals surface area contributed by atoms with Crippen LogP contribution in [0.15, 0.2) is 54.2 Å². The first kappa shape index (κ1) is 21.9. The molecule has 4 aromatic heterocycles. The molecule has 0 bridgehead atoms. The number of nitrogens with zero attached hydrogens (tertiary/aromatic N) is 3. The highest BCUT2D eigenvalue weighted by Gasteiger charge is 2.28. The zero-order valence-electron chi connectivity index (χ0n) is 19.6. The van der Waals surface area contributed by atoms with E-state index in [1.165, 1.54) is 10.4 Å². The SMILES string of the molecule is CC(=O)NCC1CCC(c2nc(-c3cc4cccc(-c5cccs5)c4[nH]3)c3c(N)nccn23)CC1. The molecule has 35 heavy (non-hydrogen) atoms. The summed E-state index contributed by atoms with van der Waals surface area (Å²) in [5.41, 5.74) is 11.4. The molecule has 1 aliphatic rings. The molecule has 0 unspecified atom stereocenters. The van der Waals surface area contributed by atoms with Crippen LogP contribution >= 0.6 is 11.3 Å². The van der Waals surface area contributed by atoms with Gasteiger partial charge in [-0.25, -0.2) is 9.97 Å². The van der Waals surface area contributed by atoms with Gasteiger partial charge in [-0.15, -0.1) is 11.3 Å². The molecule has 1 aromatic carbocycles. The molecule has 0 saturated heterocycles. The average molecular weight is 485 g/mol. The lowest BCUT2D eigenvalue weighted by molar-refractivity contribution is -0.119. The fourth-order valence-corrected chi connectivity index (χ4v) is 6.15. The van der Waals surface area contributed by atoms with Crippen LogP contribution in [0.2, 0.25) is 0 Å². The molecule has 4 N–H and O–H groups in total. The third kappa shape index (κ3) is 3.97. The smallest absolute Gasteiger partial charge is 0.216 e. The summed E-state index contributed by atoms with van der Waals surface area (Å²) < 4.78 is 2.13. The Morgan fingerprint density at radius 2 is 2.09 bits per heavy atom. The van der Waals surface area contributed by atoms with E-state index in [2.05, 4.69) is 61.5 Å². The van der Waals surface area contributed by atoms with Gasteiger partial charge in [-0.05, 0) is 49.1 Å². The molecule has 1 saturated carbocycles. The minimum absolute atomic E-state index is 0.0413. The zero-order chi connectivity index (χ0) is 23.9. The van der Waals surface area contributed by atoms with Crippen molar-refractivity contribution >= 4 is 39.5 Å². The molecule has 0 atom stereocenters. The van der Waals surface area contributed by atoms with Gasteiger partial charge in [0.1, 0.15) is 22.9 Å². The number of para-hydroxylation sites is 1. The second-order valence-electron chi connectivity index (χ2n) is 9.43. The van der Waals surface area contributed by atoms with Crippen LogP contribution < -0.4 is 11.1 Å². The summed E-state index contributed by atoms with van der Waals surface area (Å²) in [6, 6.07) is 12.8. The number of imidazole rings is 1. The minimum Gasteiger partial charge on any atom is -0.382 e. The van der Waals surface area contributed by atoms with Gasteiger partial charge < -0.3 is 16.0 Å². The van der Waals surface area contributed by atoms with E-state index >= 15 is 0 Å². The maximum absolute atomic E-state index is 11.3. The molecule has 1 aliphatic carbocycles. The van der Waals surface area contributed by atoms with Crippen LogP contribution in [0.5, 0.6) is 0 Å². The van der Waals surface area contributed by atoms with E-state index in [0.29, 0.717) is 17.7 Å². The number of benzene rings is 1. The van der Waals surface area contributed by atoms with Gasteiger partial charge in [0.15, 0.2) is 0 Å². The largest absolute Gasteiger partial charge is 0.382 e. The normalized spacial score (nSPS) is 18.3. The Labute approximate surface area is 207 Å². The Morgan fingerprint density at radius 3 is 2.86 bits per heavy atom. The predicted octanol–water partition coefficient (Wildman–Crippen LogP) is 5.60. The van der Waals surface area contributed by atoms with Gasteiger partial charge in [0, 0.05) is 47.6 Å². The number of nitrogens with one attached hydrogen (secondary N) is 2. The molecular formula is C27H28N6OS. The van der Waals surface area contributed by atoms with Gasteiger partial charge in [-0.2, -0.15) is 0 Å². The van der Waals surface area contributed by atoms with Crippen molar-refractivity contribution in [1.82, 2.24) is 24.7 Å². The Balaban J connectivity index is 1.39. The van der Waals surface area contributed by atoms with Gasteiger partial charge in [-0.1, -0.05) is 24.3 Å². The fourth-order valence-electron chi connectivity index (χ4n) is 5.40. The Kier molecular flexibility index (Phi) is 5.53. The van der Waals surface area contributed by atoms with E-state index < -0.39 is 0 Å². The molecule has 6 rings (SSSR count). The number of anilines is 1. The first-order valence-corrected chi connectivity index (χ1v) is 13.0. The van der Waals surface area contributed by atoms with Crippen LogP contribution in [0.3, 0.4) is 0 Å². The summed E-state index contributed by atoms with van der Waals surface area (Å²) in [5.74, 6) is 2.44. The number of nitrogens with two attached hydrogens (primary N) is 1. The molecule has 1 fully saturated rings. The van der Waals surface area contributed by atoms with Crippen LogP contribution in [0.1, 0.15) is 44.3 Å². The summed E-state index contributed by atoms with van der Waals surface area (Å²) in [4.78, 5) is 25.7.